The van der Waals surface area contributed by atoms with E-state index in [4.69, 9.17) is 24.2 Å². The summed E-state index contributed by atoms with van der Waals surface area (Å²) < 4.78 is 21.2. The van der Waals surface area contributed by atoms with Crippen molar-refractivity contribution in [1.29, 1.82) is 0 Å². The first-order chi connectivity index (χ1) is 33.8. The van der Waals surface area contributed by atoms with E-state index in [1.165, 1.54) is 100 Å². The van der Waals surface area contributed by atoms with Crippen LogP contribution in [0.1, 0.15) is 159 Å². The normalized spacial score (nSPS) is 22.1. The number of nitro groups is 1. The lowest BCUT2D eigenvalue weighted by atomic mass is 9.56. The zero-order valence-electron chi connectivity index (χ0n) is 41.5. The van der Waals surface area contributed by atoms with Crippen LogP contribution in [0.2, 0.25) is 0 Å². The van der Waals surface area contributed by atoms with E-state index in [9.17, 15) is 20.3 Å². The molecule has 0 bridgehead atoms. The number of fused-ring (bicyclic) bond motifs is 2. The fourth-order valence-electron chi connectivity index (χ4n) is 10.7. The number of oxime groups is 1. The smallest absolute Gasteiger partial charge is 0.269 e. The van der Waals surface area contributed by atoms with E-state index in [0.717, 1.165) is 77.5 Å². The predicted octanol–water partition coefficient (Wildman–Crippen LogP) is 15.2. The number of unbranched alkanes of at least 4 members (excludes halogenated alkanes) is 15. The van der Waals surface area contributed by atoms with Crippen LogP contribution in [0.5, 0.6) is 17.2 Å². The second-order valence-corrected chi connectivity index (χ2v) is 21.4. The van der Waals surface area contributed by atoms with Gasteiger partial charge >= 0.3 is 0 Å². The topological polar surface area (TPSA) is 133 Å². The van der Waals surface area contributed by atoms with Crippen LogP contribution in [0.15, 0.2) is 101 Å². The van der Waals surface area contributed by atoms with Gasteiger partial charge in [-0.3, -0.25) is 10.1 Å². The van der Waals surface area contributed by atoms with Gasteiger partial charge in [-0.2, -0.15) is 11.8 Å². The van der Waals surface area contributed by atoms with Crippen LogP contribution in [0.4, 0.5) is 5.69 Å². The zero-order valence-corrected chi connectivity index (χ0v) is 43.2. The summed E-state index contributed by atoms with van der Waals surface area (Å²) in [5.74, 6) is 2.22. The third kappa shape index (κ3) is 15.6. The Hall–Kier alpha value is -3.81. The Morgan fingerprint density at radius 3 is 2.09 bits per heavy atom. The van der Waals surface area contributed by atoms with Gasteiger partial charge in [0.05, 0.1) is 28.4 Å². The van der Waals surface area contributed by atoms with E-state index in [0.29, 0.717) is 25.9 Å². The highest BCUT2D eigenvalue weighted by Crippen LogP contribution is 2.63. The number of thioether (sulfide) groups is 2. The molecule has 0 radical (unpaired) electrons. The Labute approximate surface area is 421 Å². The van der Waals surface area contributed by atoms with Crippen LogP contribution in [0.3, 0.4) is 0 Å². The Kier molecular flexibility index (Phi) is 23.3. The highest BCUT2D eigenvalue weighted by atomic mass is 32.2. The van der Waals surface area contributed by atoms with Crippen molar-refractivity contribution in [3.05, 3.63) is 112 Å². The number of benzene rings is 3. The first-order valence-electron chi connectivity index (χ1n) is 26.2. The molecule has 0 amide bonds. The fraction of sp³-hybridized carbons (Fsp3) is 0.596. The first-order valence-corrected chi connectivity index (χ1v) is 28.5. The minimum absolute atomic E-state index is 0.0331. The molecule has 6 atom stereocenters. The van der Waals surface area contributed by atoms with Crippen LogP contribution in [0.25, 0.3) is 0 Å². The average Bonchev–Trinajstić information content (AvgIpc) is 3.36. The minimum Gasteiger partial charge on any atom is -0.460 e. The minimum atomic E-state index is -1.04. The summed E-state index contributed by atoms with van der Waals surface area (Å²) in [6.07, 6.45) is 30.2. The van der Waals surface area contributed by atoms with Gasteiger partial charge in [0.15, 0.2) is 0 Å². The van der Waals surface area contributed by atoms with Gasteiger partial charge in [-0.15, -0.1) is 18.3 Å². The van der Waals surface area contributed by atoms with E-state index >= 15 is 0 Å². The number of ether oxygens (including phenoxy) is 3. The average molecular weight is 985 g/mol. The van der Waals surface area contributed by atoms with E-state index in [1.807, 2.05) is 36.0 Å². The maximum absolute atomic E-state index is 11.4. The molecule has 3 aromatic carbocycles. The van der Waals surface area contributed by atoms with Crippen molar-refractivity contribution in [2.45, 2.75) is 170 Å². The predicted molar refractivity (Wildman–Crippen MR) is 284 cm³/mol. The van der Waals surface area contributed by atoms with Crippen molar-refractivity contribution in [2.75, 3.05) is 31.8 Å². The number of aliphatic hydroxyl groups is 2. The molecule has 0 saturated heterocycles. The van der Waals surface area contributed by atoms with Gasteiger partial charge < -0.3 is 29.3 Å². The molecule has 2 aliphatic carbocycles. The van der Waals surface area contributed by atoms with E-state index in [2.05, 4.69) is 50.1 Å². The molecule has 1 heterocycles. The quantitative estimate of drug-likeness (QED) is 0.0196. The highest BCUT2D eigenvalue weighted by Gasteiger charge is 2.64. The monoisotopic (exact) mass is 985 g/mol. The molecular formula is C57H80N2O8S2. The molecule has 0 unspecified atom stereocenters. The summed E-state index contributed by atoms with van der Waals surface area (Å²) in [7, 11) is 0. The van der Waals surface area contributed by atoms with Crippen molar-refractivity contribution in [3.63, 3.8) is 0 Å². The molecule has 2 N–H and O–H groups in total. The van der Waals surface area contributed by atoms with Gasteiger partial charge in [-0.1, -0.05) is 121 Å². The third-order valence-corrected chi connectivity index (χ3v) is 16.5. The number of non-ortho nitro benzene ring substituents is 1. The van der Waals surface area contributed by atoms with Crippen LogP contribution >= 0.6 is 23.5 Å². The largest absolute Gasteiger partial charge is 0.460 e. The Bertz CT molecular complexity index is 2060. The van der Waals surface area contributed by atoms with Crippen molar-refractivity contribution in [1.82, 2.24) is 0 Å². The van der Waals surface area contributed by atoms with Gasteiger partial charge in [-0.25, -0.2) is 0 Å². The number of rotatable bonds is 34. The third-order valence-electron chi connectivity index (χ3n) is 14.3. The molecule has 378 valence electrons. The highest BCUT2D eigenvalue weighted by molar-refractivity contribution is 8.00. The summed E-state index contributed by atoms with van der Waals surface area (Å²) in [5, 5.41) is 36.2. The summed E-state index contributed by atoms with van der Waals surface area (Å²) in [4.78, 5) is 18.4. The number of hydrogen-bond donors (Lipinski definition) is 2. The molecule has 0 aromatic heterocycles. The summed E-state index contributed by atoms with van der Waals surface area (Å²) in [6.45, 7) is 7.13. The molecule has 69 heavy (non-hydrogen) atoms. The molecule has 1 saturated carbocycles. The Morgan fingerprint density at radius 1 is 0.826 bits per heavy atom. The van der Waals surface area contributed by atoms with E-state index < -0.39 is 10.7 Å². The summed E-state index contributed by atoms with van der Waals surface area (Å²) >= 11 is 3.61. The van der Waals surface area contributed by atoms with E-state index in [1.54, 1.807) is 23.9 Å². The molecular weight excluding hydrogens is 905 g/mol. The van der Waals surface area contributed by atoms with Crippen LogP contribution in [0, 0.1) is 27.9 Å². The van der Waals surface area contributed by atoms with Crippen LogP contribution < -0.4 is 9.47 Å². The SMILES string of the molecule is C=CCO[C@@]12Oc3ccc(Oc4ccc(SC)cc4)cc3[C@H]3[C@H](CCCCO)[C@@H](CCCCO)C=C(C(=NOCc4ccc([N+](=O)[O-])cc4)C[C@@H]1SCCCCCCCCCCCCCCCC)[C@H]32. The Balaban J connectivity index is 1.31. The summed E-state index contributed by atoms with van der Waals surface area (Å²) in [6, 6.07) is 20.8. The number of aliphatic hydroxyl groups excluding tert-OH is 2. The molecule has 10 nitrogen and oxygen atoms in total. The Morgan fingerprint density at radius 2 is 1.46 bits per heavy atom. The van der Waals surface area contributed by atoms with Crippen molar-refractivity contribution >= 4 is 34.9 Å². The number of hydrogen-bond acceptors (Lipinski definition) is 11. The van der Waals surface area contributed by atoms with Crippen molar-refractivity contribution in [2.24, 2.45) is 22.9 Å². The maximum Gasteiger partial charge on any atom is 0.269 e. The maximum atomic E-state index is 11.4. The standard InChI is InChI=1S/C57H80N2O8S2/c1-4-6-7-8-9-10-11-12-13-14-15-16-17-22-38-69-54-41-52(58-65-42-43-25-27-45(28-26-43)59(62)63)50-39-44(23-18-20-35-60)49(24-19-21-36-61)55-51-40-47(66-46-29-32-48(68-3)33-30-46)31-34-53(51)67-57(54,56(50)55)64-37-5-2/h5,25-34,39-40,44,49,54-56,60-61H,2,4,6-24,35-38,41-42H2,1,3H3/t44-,49+,54-,55+,56+,57+/m0/s1. The number of nitro benzene ring substituents is 1. The lowest BCUT2D eigenvalue weighted by molar-refractivity contribution is -0.384. The van der Waals surface area contributed by atoms with Gasteiger partial charge in [0.25, 0.3) is 5.69 Å². The molecule has 1 aliphatic heterocycles. The molecule has 3 aliphatic rings. The van der Waals surface area contributed by atoms with Gasteiger partial charge in [0.1, 0.15) is 23.9 Å². The zero-order chi connectivity index (χ0) is 48.7. The summed E-state index contributed by atoms with van der Waals surface area (Å²) in [5.41, 5.74) is 3.84. The van der Waals surface area contributed by atoms with Crippen molar-refractivity contribution in [3.8, 4) is 17.2 Å². The number of nitrogens with zero attached hydrogens (tertiary/aromatic N) is 2. The fourth-order valence-corrected chi connectivity index (χ4v) is 12.6. The van der Waals surface area contributed by atoms with Gasteiger partial charge in [0.2, 0.25) is 5.79 Å². The number of allylic oxidation sites excluding steroid dienone is 1. The van der Waals surface area contributed by atoms with Gasteiger partial charge in [-0.05, 0) is 122 Å². The lowest BCUT2D eigenvalue weighted by Gasteiger charge is -2.58. The first kappa shape index (κ1) is 54.5. The second-order valence-electron chi connectivity index (χ2n) is 19.2. The van der Waals surface area contributed by atoms with Crippen LogP contribution in [-0.2, 0) is 16.2 Å². The second kappa shape index (κ2) is 29.5. The van der Waals surface area contributed by atoms with E-state index in [-0.39, 0.29) is 54.4 Å². The molecule has 3 aromatic rings. The lowest BCUT2D eigenvalue weighted by Crippen LogP contribution is -2.64. The van der Waals surface area contributed by atoms with Gasteiger partial charge in [0, 0.05) is 48.1 Å². The van der Waals surface area contributed by atoms with Crippen molar-refractivity contribution < 1.29 is 34.2 Å². The molecule has 1 fully saturated rings. The molecule has 12 heteroatoms. The molecule has 6 rings (SSSR count). The molecule has 0 spiro atoms. The van der Waals surface area contributed by atoms with Crippen LogP contribution in [-0.4, -0.2) is 63.7 Å².